The number of ether oxygens (including phenoxy) is 4. The smallest absolute Gasteiger partial charge is 0.307 e. The highest BCUT2D eigenvalue weighted by molar-refractivity contribution is 7.10. The third-order valence-electron chi connectivity index (χ3n) is 16.9. The molecule has 2 amide bonds. The van der Waals surface area contributed by atoms with Gasteiger partial charge in [-0.3, -0.25) is 39.2 Å². The fraction of sp³-hybridized carbons (Fsp3) is 0.552. The van der Waals surface area contributed by atoms with Gasteiger partial charge in [0.25, 0.3) is 5.91 Å². The molecule has 16 nitrogen and oxygen atoms in total. The monoisotopic (exact) mass is 1040 g/mol. The van der Waals surface area contributed by atoms with Gasteiger partial charge in [-0.25, -0.2) is 10.4 Å². The highest BCUT2D eigenvalue weighted by atomic mass is 32.1. The number of hydrazine groups is 1. The number of cyclic esters (lactones) is 1. The number of benzene rings is 1. The normalized spacial score (nSPS) is 28.0. The molecule has 1 unspecified atom stereocenters. The maximum Gasteiger partial charge on any atom is 0.307 e. The van der Waals surface area contributed by atoms with Gasteiger partial charge in [-0.2, -0.15) is 0 Å². The number of carbonyl (C=O) groups is 3. The Bertz CT molecular complexity index is 2990. The molecule has 4 saturated heterocycles. The molecular weight excluding hydrogens is 967 g/mol. The molecular formula is C58H71N9O7S. The predicted octanol–water partition coefficient (Wildman–Crippen LogP) is 6.94. The maximum absolute atomic E-state index is 15.6. The molecule has 5 aliphatic heterocycles. The number of hydrogen-bond acceptors (Lipinski definition) is 14. The molecule has 2 N–H and O–H groups in total. The first kappa shape index (κ1) is 51.5. The summed E-state index contributed by atoms with van der Waals surface area (Å²) in [4.78, 5) is 63.8. The van der Waals surface area contributed by atoms with Gasteiger partial charge < -0.3 is 28.8 Å². The van der Waals surface area contributed by atoms with Gasteiger partial charge in [0.2, 0.25) is 5.91 Å². The number of methoxy groups -OCH3 is 1. The van der Waals surface area contributed by atoms with Gasteiger partial charge in [0.05, 0.1) is 74.7 Å². The summed E-state index contributed by atoms with van der Waals surface area (Å²) in [5.41, 5.74) is 11.5. The molecule has 0 spiro atoms. The van der Waals surface area contributed by atoms with Gasteiger partial charge in [0.1, 0.15) is 11.0 Å². The lowest BCUT2D eigenvalue weighted by atomic mass is 9.72. The number of rotatable bonds is 9. The van der Waals surface area contributed by atoms with E-state index in [0.717, 1.165) is 86.7 Å². The summed E-state index contributed by atoms with van der Waals surface area (Å²) >= 11 is 1.52. The second-order valence-electron chi connectivity index (χ2n) is 22.3. The van der Waals surface area contributed by atoms with Crippen LogP contribution >= 0.6 is 11.3 Å². The van der Waals surface area contributed by atoms with E-state index in [1.54, 1.807) is 24.5 Å². The highest BCUT2D eigenvalue weighted by Crippen LogP contribution is 2.54. The van der Waals surface area contributed by atoms with Crippen molar-refractivity contribution in [1.29, 1.82) is 0 Å². The molecule has 2 saturated carbocycles. The molecule has 6 fully saturated rings. The standard InChI is InChI=1S/C58H71N9O7S/c1-8-66-47-12-11-39-28-42(47)44(53(66)43-25-37(31-60-51(43)36(4)71-7)10-9-34(2)64-17-21-72-22-18-64)30-58(5,6)33-74-48(68)29-45-40-26-41(27-40)67(63-45)57(70)52(54(56-61-46(39)32-75-56)65-19-23-73-24-20-65)62-55(69)50-35(3)49(50)38-13-15-59-16-14-38/h11-16,25,28,31-32,34-36,40-41,45,49-50,52,54,63H,8,17-24,26-27,29-30,33H2,1-7H3,(H,62,69)/t34-,35+,36+,40?,41?,45-,49+,50-,52?,54+/m1/s1. The zero-order chi connectivity index (χ0) is 52.1. The molecule has 8 bridgehead atoms. The van der Waals surface area contributed by atoms with Crippen molar-refractivity contribution in [3.05, 3.63) is 87.8 Å². The Morgan fingerprint density at radius 3 is 2.51 bits per heavy atom. The Morgan fingerprint density at radius 1 is 1.03 bits per heavy atom. The molecule has 2 aliphatic carbocycles. The fourth-order valence-electron chi connectivity index (χ4n) is 12.4. The predicted molar refractivity (Wildman–Crippen MR) is 286 cm³/mol. The van der Waals surface area contributed by atoms with Crippen LogP contribution < -0.4 is 10.7 Å². The number of aromatic nitrogens is 4. The lowest BCUT2D eigenvalue weighted by molar-refractivity contribution is -0.163. The van der Waals surface area contributed by atoms with E-state index in [1.165, 1.54) is 11.3 Å². The minimum Gasteiger partial charge on any atom is -0.465 e. The van der Waals surface area contributed by atoms with Crippen LogP contribution in [0.25, 0.3) is 33.4 Å². The molecule has 7 aliphatic rings. The van der Waals surface area contributed by atoms with E-state index >= 15 is 4.79 Å². The largest absolute Gasteiger partial charge is 0.465 e. The fourth-order valence-corrected chi connectivity index (χ4v) is 13.4. The molecule has 8 atom stereocenters. The number of pyridine rings is 2. The Hall–Kier alpha value is -5.58. The quantitative estimate of drug-likeness (QED) is 0.115. The number of amides is 2. The zero-order valence-corrected chi connectivity index (χ0v) is 45.2. The molecule has 9 heterocycles. The van der Waals surface area contributed by atoms with E-state index in [1.807, 2.05) is 25.3 Å². The molecule has 17 heteroatoms. The van der Waals surface area contributed by atoms with Gasteiger partial charge in [-0.15, -0.1) is 11.3 Å². The molecule has 12 rings (SSSR count). The van der Waals surface area contributed by atoms with Crippen molar-refractivity contribution in [2.75, 3.05) is 66.3 Å². The summed E-state index contributed by atoms with van der Waals surface area (Å²) in [7, 11) is 1.71. The van der Waals surface area contributed by atoms with E-state index in [2.05, 4.69) is 106 Å². The first-order valence-electron chi connectivity index (χ1n) is 27.0. The minimum absolute atomic E-state index is 0.0155. The summed E-state index contributed by atoms with van der Waals surface area (Å²) in [5, 5.41) is 8.98. The molecule has 4 aromatic heterocycles. The van der Waals surface area contributed by atoms with Crippen molar-refractivity contribution < 1.29 is 33.3 Å². The Labute approximate surface area is 444 Å². The average molecular weight is 1040 g/mol. The number of aryl methyl sites for hydroxylation is 1. The summed E-state index contributed by atoms with van der Waals surface area (Å²) < 4.78 is 26.2. The van der Waals surface area contributed by atoms with E-state index in [4.69, 9.17) is 28.9 Å². The number of thiazole rings is 1. The molecule has 1 aromatic carbocycles. The van der Waals surface area contributed by atoms with Crippen LogP contribution in [0.2, 0.25) is 0 Å². The van der Waals surface area contributed by atoms with Gasteiger partial charge in [-0.1, -0.05) is 38.7 Å². The second-order valence-corrected chi connectivity index (χ2v) is 23.2. The average Bonchev–Trinajstić information content (AvgIpc) is 3.75. The number of morpholine rings is 2. The van der Waals surface area contributed by atoms with Gasteiger partial charge in [-0.05, 0) is 99.2 Å². The highest BCUT2D eigenvalue weighted by Gasteiger charge is 2.55. The first-order chi connectivity index (χ1) is 36.3. The van der Waals surface area contributed by atoms with E-state index in [9.17, 15) is 9.59 Å². The number of hydrogen-bond donors (Lipinski definition) is 2. The van der Waals surface area contributed by atoms with Crippen molar-refractivity contribution in [1.82, 2.24) is 45.1 Å². The lowest BCUT2D eigenvalue weighted by Gasteiger charge is -2.54. The second kappa shape index (κ2) is 21.4. The molecule has 5 aromatic rings. The van der Waals surface area contributed by atoms with E-state index in [0.29, 0.717) is 52.5 Å². The van der Waals surface area contributed by atoms with Crippen molar-refractivity contribution in [3.63, 3.8) is 0 Å². The Balaban J connectivity index is 1.04. The van der Waals surface area contributed by atoms with Crippen molar-refractivity contribution in [2.24, 2.45) is 23.2 Å². The van der Waals surface area contributed by atoms with Crippen molar-refractivity contribution in [3.8, 4) is 34.4 Å². The zero-order valence-electron chi connectivity index (χ0n) is 44.3. The number of nitrogens with one attached hydrogen (secondary N) is 2. The molecule has 0 radical (unpaired) electrons. The maximum atomic E-state index is 15.6. The lowest BCUT2D eigenvalue weighted by Crippen LogP contribution is -2.71. The Morgan fingerprint density at radius 2 is 1.77 bits per heavy atom. The van der Waals surface area contributed by atoms with E-state index < -0.39 is 17.5 Å². The van der Waals surface area contributed by atoms with Crippen LogP contribution in [0.3, 0.4) is 0 Å². The topological polar surface area (TPSA) is 166 Å². The van der Waals surface area contributed by atoms with Gasteiger partial charge in [0, 0.05) is 115 Å². The Kier molecular flexibility index (Phi) is 14.7. The number of fused-ring (bicyclic) bond motifs is 4. The van der Waals surface area contributed by atoms with Gasteiger partial charge in [0.15, 0.2) is 0 Å². The minimum atomic E-state index is -0.990. The van der Waals surface area contributed by atoms with Crippen molar-refractivity contribution in [2.45, 2.75) is 116 Å². The first-order valence-corrected chi connectivity index (χ1v) is 27.9. The van der Waals surface area contributed by atoms with Crippen LogP contribution in [0.1, 0.15) is 106 Å². The molecule has 396 valence electrons. The van der Waals surface area contributed by atoms with Crippen LogP contribution in [0.4, 0.5) is 0 Å². The SMILES string of the molecule is CCn1c(-c2cc(C#C[C@@H](C)N3CCOCC3)cnc2[C@H](C)OC)c2c3cc(ccc31)-c1csc(n1)[C@@H](N1CCOCC1)C(NC(=O)[C@@H]1[C@@H](C)[C@H]1c1ccncc1)C(=O)N1N[C@H](CC(=O)OCC(C)(C)C2)C2CC1C2. The summed E-state index contributed by atoms with van der Waals surface area (Å²) in [6.07, 6.45) is 7.26. The number of esters is 1. The third-order valence-corrected chi connectivity index (χ3v) is 17.8. The van der Waals surface area contributed by atoms with Gasteiger partial charge >= 0.3 is 5.97 Å². The number of carbonyl (C=O) groups excluding carboxylic acids is 3. The summed E-state index contributed by atoms with van der Waals surface area (Å²) in [6, 6.07) is 10.7. The van der Waals surface area contributed by atoms with Crippen LogP contribution in [0, 0.1) is 35.0 Å². The van der Waals surface area contributed by atoms with Crippen molar-refractivity contribution >= 4 is 40.0 Å². The number of nitrogens with zero attached hydrogens (tertiary/aromatic N) is 7. The van der Waals surface area contributed by atoms with Crippen LogP contribution in [-0.2, 0) is 46.3 Å². The summed E-state index contributed by atoms with van der Waals surface area (Å²) in [6.45, 7) is 18.8. The van der Waals surface area contributed by atoms with E-state index in [-0.39, 0.29) is 78.7 Å². The molecule has 75 heavy (non-hydrogen) atoms. The van der Waals surface area contributed by atoms with Crippen LogP contribution in [-0.4, -0.2) is 143 Å². The van der Waals surface area contributed by atoms with Crippen LogP contribution in [0.5, 0.6) is 0 Å². The van der Waals surface area contributed by atoms with Crippen LogP contribution in [0.15, 0.2) is 60.4 Å². The summed E-state index contributed by atoms with van der Waals surface area (Å²) in [5.74, 6) is 6.28. The third kappa shape index (κ3) is 10.3.